The Morgan fingerprint density at radius 2 is 2.31 bits per heavy atom. The monoisotopic (exact) mass is 201 g/mol. The second-order valence-corrected chi connectivity index (χ2v) is 3.53. The van der Waals surface area contributed by atoms with E-state index in [0.717, 1.165) is 36.4 Å². The van der Waals surface area contributed by atoms with Crippen LogP contribution in [0, 0.1) is 0 Å². The van der Waals surface area contributed by atoms with Crippen molar-refractivity contribution in [2.75, 3.05) is 19.0 Å². The number of H-pyrrole nitrogens is 1. The van der Waals surface area contributed by atoms with Crippen LogP contribution in [0.2, 0.25) is 0 Å². The minimum absolute atomic E-state index is 0.761. The zero-order valence-electron chi connectivity index (χ0n) is 8.04. The van der Waals surface area contributed by atoms with Crippen LogP contribution >= 0.6 is 11.8 Å². The molecule has 1 rings (SSSR count). The van der Waals surface area contributed by atoms with E-state index in [1.54, 1.807) is 11.8 Å². The Balaban J connectivity index is 2.20. The third-order valence-electron chi connectivity index (χ3n) is 1.51. The fourth-order valence-electron chi connectivity index (χ4n) is 0.837. The molecule has 0 atom stereocenters. The molecule has 0 aliphatic heterocycles. The summed E-state index contributed by atoms with van der Waals surface area (Å²) >= 11 is 1.62. The van der Waals surface area contributed by atoms with E-state index in [1.807, 2.05) is 6.92 Å². The number of aryl methyl sites for hydroxylation is 1. The molecule has 0 aromatic carbocycles. The van der Waals surface area contributed by atoms with Crippen LogP contribution in [0.3, 0.4) is 0 Å². The number of hydrogen-bond acceptors (Lipinski definition) is 4. The SMILES string of the molecule is CCOCCSc1n[nH]c(CC)n1. The molecule has 74 valence electrons. The van der Waals surface area contributed by atoms with Crippen LogP contribution in [0.15, 0.2) is 5.16 Å². The van der Waals surface area contributed by atoms with Crippen molar-refractivity contribution >= 4 is 11.8 Å². The Kier molecular flexibility index (Phi) is 4.85. The van der Waals surface area contributed by atoms with Gasteiger partial charge >= 0.3 is 0 Å². The lowest BCUT2D eigenvalue weighted by Crippen LogP contribution is -1.96. The summed E-state index contributed by atoms with van der Waals surface area (Å²) < 4.78 is 5.20. The fraction of sp³-hybridized carbons (Fsp3) is 0.750. The van der Waals surface area contributed by atoms with Gasteiger partial charge in [0.15, 0.2) is 0 Å². The second-order valence-electron chi connectivity index (χ2n) is 2.46. The first-order chi connectivity index (χ1) is 6.36. The quantitative estimate of drug-likeness (QED) is 0.559. The highest BCUT2D eigenvalue weighted by Crippen LogP contribution is 2.11. The van der Waals surface area contributed by atoms with Gasteiger partial charge in [-0.15, -0.1) is 5.10 Å². The van der Waals surface area contributed by atoms with Crippen LogP contribution < -0.4 is 0 Å². The van der Waals surface area contributed by atoms with Crippen molar-refractivity contribution in [2.24, 2.45) is 0 Å². The van der Waals surface area contributed by atoms with Crippen molar-refractivity contribution in [1.82, 2.24) is 15.2 Å². The molecule has 0 spiro atoms. The van der Waals surface area contributed by atoms with E-state index in [9.17, 15) is 0 Å². The van der Waals surface area contributed by atoms with Crippen molar-refractivity contribution in [3.63, 3.8) is 0 Å². The first-order valence-corrected chi connectivity index (χ1v) is 5.47. The maximum Gasteiger partial charge on any atom is 0.208 e. The lowest BCUT2D eigenvalue weighted by molar-refractivity contribution is 0.164. The lowest BCUT2D eigenvalue weighted by atomic mass is 10.5. The number of aromatic nitrogens is 3. The molecule has 0 bridgehead atoms. The van der Waals surface area contributed by atoms with Gasteiger partial charge in [-0.25, -0.2) is 4.98 Å². The summed E-state index contributed by atoms with van der Waals surface area (Å²) in [5.74, 6) is 1.85. The molecule has 1 N–H and O–H groups in total. The van der Waals surface area contributed by atoms with Crippen molar-refractivity contribution in [1.29, 1.82) is 0 Å². The van der Waals surface area contributed by atoms with Crippen LogP contribution in [-0.2, 0) is 11.2 Å². The van der Waals surface area contributed by atoms with Gasteiger partial charge in [-0.3, -0.25) is 5.10 Å². The Morgan fingerprint density at radius 1 is 1.46 bits per heavy atom. The molecule has 4 nitrogen and oxygen atoms in total. The topological polar surface area (TPSA) is 50.8 Å². The molecule has 0 fully saturated rings. The number of nitrogens with one attached hydrogen (secondary N) is 1. The Hall–Kier alpha value is -0.550. The maximum absolute atomic E-state index is 5.20. The van der Waals surface area contributed by atoms with Gasteiger partial charge in [0.05, 0.1) is 6.61 Å². The van der Waals surface area contributed by atoms with Gasteiger partial charge in [-0.2, -0.15) is 0 Å². The summed E-state index contributed by atoms with van der Waals surface area (Å²) in [7, 11) is 0. The predicted molar refractivity (Wildman–Crippen MR) is 53.0 cm³/mol. The first kappa shape index (κ1) is 10.5. The van der Waals surface area contributed by atoms with E-state index in [1.165, 1.54) is 0 Å². The molecule has 0 amide bonds. The molecule has 1 heterocycles. The van der Waals surface area contributed by atoms with Gasteiger partial charge in [0.1, 0.15) is 5.82 Å². The molecular formula is C8H15N3OS. The normalized spacial score (nSPS) is 10.6. The van der Waals surface area contributed by atoms with Crippen molar-refractivity contribution in [3.8, 4) is 0 Å². The average Bonchev–Trinajstić information content (AvgIpc) is 2.60. The van der Waals surface area contributed by atoms with E-state index in [0.29, 0.717) is 0 Å². The van der Waals surface area contributed by atoms with Gasteiger partial charge in [0.25, 0.3) is 0 Å². The molecule has 5 heteroatoms. The Morgan fingerprint density at radius 3 is 2.92 bits per heavy atom. The van der Waals surface area contributed by atoms with E-state index >= 15 is 0 Å². The van der Waals surface area contributed by atoms with E-state index in [-0.39, 0.29) is 0 Å². The fourth-order valence-corrected chi connectivity index (χ4v) is 1.51. The summed E-state index contributed by atoms with van der Waals surface area (Å²) in [5, 5.41) is 7.75. The molecule has 0 saturated heterocycles. The number of nitrogens with zero attached hydrogens (tertiary/aromatic N) is 2. The number of rotatable bonds is 6. The van der Waals surface area contributed by atoms with Gasteiger partial charge in [-0.05, 0) is 6.92 Å². The molecule has 1 aromatic rings. The number of hydrogen-bond donors (Lipinski definition) is 1. The third kappa shape index (κ3) is 3.78. The van der Waals surface area contributed by atoms with Crippen LogP contribution in [0.4, 0.5) is 0 Å². The number of aromatic amines is 1. The number of thioether (sulfide) groups is 1. The summed E-state index contributed by atoms with van der Waals surface area (Å²) in [6.07, 6.45) is 0.902. The summed E-state index contributed by atoms with van der Waals surface area (Å²) in [4.78, 5) is 4.27. The predicted octanol–water partition coefficient (Wildman–Crippen LogP) is 1.50. The molecule has 13 heavy (non-hydrogen) atoms. The third-order valence-corrected chi connectivity index (χ3v) is 2.32. The van der Waals surface area contributed by atoms with E-state index < -0.39 is 0 Å². The second kappa shape index (κ2) is 5.99. The highest BCUT2D eigenvalue weighted by atomic mass is 32.2. The van der Waals surface area contributed by atoms with Gasteiger partial charge in [-0.1, -0.05) is 18.7 Å². The molecule has 0 aliphatic rings. The summed E-state index contributed by atoms with van der Waals surface area (Å²) in [5.41, 5.74) is 0. The van der Waals surface area contributed by atoms with Crippen molar-refractivity contribution in [2.45, 2.75) is 25.4 Å². The van der Waals surface area contributed by atoms with Crippen LogP contribution in [0.25, 0.3) is 0 Å². The lowest BCUT2D eigenvalue weighted by Gasteiger charge is -1.96. The highest BCUT2D eigenvalue weighted by Gasteiger charge is 2.00. The zero-order valence-corrected chi connectivity index (χ0v) is 8.86. The minimum atomic E-state index is 0.761. The first-order valence-electron chi connectivity index (χ1n) is 4.48. The minimum Gasteiger partial charge on any atom is -0.381 e. The highest BCUT2D eigenvalue weighted by molar-refractivity contribution is 7.99. The molecule has 0 unspecified atom stereocenters. The summed E-state index contributed by atoms with van der Waals surface area (Å²) in [6, 6.07) is 0. The molecule has 0 aliphatic carbocycles. The van der Waals surface area contributed by atoms with E-state index in [2.05, 4.69) is 22.1 Å². The van der Waals surface area contributed by atoms with Crippen molar-refractivity contribution in [3.05, 3.63) is 5.82 Å². The average molecular weight is 201 g/mol. The van der Waals surface area contributed by atoms with E-state index in [4.69, 9.17) is 4.74 Å². The van der Waals surface area contributed by atoms with Crippen LogP contribution in [0.1, 0.15) is 19.7 Å². The molecular weight excluding hydrogens is 186 g/mol. The Labute approximate surface area is 82.5 Å². The maximum atomic E-state index is 5.20. The Bertz CT molecular complexity index is 239. The van der Waals surface area contributed by atoms with Crippen LogP contribution in [0.5, 0.6) is 0 Å². The smallest absolute Gasteiger partial charge is 0.208 e. The van der Waals surface area contributed by atoms with Gasteiger partial charge in [0.2, 0.25) is 5.16 Å². The zero-order chi connectivity index (χ0) is 9.52. The van der Waals surface area contributed by atoms with Gasteiger partial charge < -0.3 is 4.74 Å². The molecule has 0 radical (unpaired) electrons. The molecule has 0 saturated carbocycles. The molecule has 1 aromatic heterocycles. The van der Waals surface area contributed by atoms with Crippen molar-refractivity contribution < 1.29 is 4.74 Å². The van der Waals surface area contributed by atoms with Gasteiger partial charge in [0, 0.05) is 18.8 Å². The largest absolute Gasteiger partial charge is 0.381 e. The van der Waals surface area contributed by atoms with Crippen LogP contribution in [-0.4, -0.2) is 34.1 Å². The summed E-state index contributed by atoms with van der Waals surface area (Å²) in [6.45, 7) is 5.58. The standard InChI is InChI=1S/C8H15N3OS/c1-3-7-9-8(11-10-7)13-6-5-12-4-2/h3-6H2,1-2H3,(H,9,10,11). The number of ether oxygens (including phenoxy) is 1.